The van der Waals surface area contributed by atoms with Crippen LogP contribution in [0.1, 0.15) is 41.7 Å². The summed E-state index contributed by atoms with van der Waals surface area (Å²) in [5.41, 5.74) is 0.954. The van der Waals surface area contributed by atoms with Crippen molar-refractivity contribution in [2.75, 3.05) is 37.6 Å². The highest BCUT2D eigenvalue weighted by Gasteiger charge is 2.54. The van der Waals surface area contributed by atoms with Crippen LogP contribution in [-0.2, 0) is 14.4 Å². The van der Waals surface area contributed by atoms with Gasteiger partial charge in [-0.15, -0.1) is 0 Å². The van der Waals surface area contributed by atoms with Crippen LogP contribution in [0.5, 0.6) is 0 Å². The Morgan fingerprint density at radius 3 is 2.39 bits per heavy atom. The minimum atomic E-state index is -0.533. The van der Waals surface area contributed by atoms with Gasteiger partial charge in [-0.1, -0.05) is 0 Å². The zero-order chi connectivity index (χ0) is 27.5. The lowest BCUT2D eigenvalue weighted by Crippen LogP contribution is -2.48. The highest BCUT2D eigenvalue weighted by Crippen LogP contribution is 2.44. The number of aromatic nitrogens is 3. The van der Waals surface area contributed by atoms with E-state index in [9.17, 15) is 9.59 Å². The smallest absolute Gasteiger partial charge is 0.290 e. The van der Waals surface area contributed by atoms with Crippen LogP contribution in [0.3, 0.4) is 0 Å². The van der Waals surface area contributed by atoms with Crippen molar-refractivity contribution in [1.82, 2.24) is 25.2 Å². The molecule has 38 heavy (non-hydrogen) atoms. The van der Waals surface area contributed by atoms with E-state index in [1.165, 1.54) is 12.8 Å². The number of fused-ring (bicyclic) bond motifs is 1. The first-order chi connectivity index (χ1) is 18.4. The van der Waals surface area contributed by atoms with Crippen LogP contribution in [-0.4, -0.2) is 87.5 Å². The number of hydrogen-bond acceptors (Lipinski definition) is 8. The van der Waals surface area contributed by atoms with Crippen LogP contribution < -0.4 is 10.2 Å². The first-order valence-electron chi connectivity index (χ1n) is 12.6. The fourth-order valence-corrected chi connectivity index (χ4v) is 5.11. The van der Waals surface area contributed by atoms with Gasteiger partial charge in [0, 0.05) is 62.9 Å². The number of carbonyl (C=O) groups excluding carboxylic acids is 2. The molecule has 2 aromatic heterocycles. The van der Waals surface area contributed by atoms with Crippen molar-refractivity contribution in [3.63, 3.8) is 0 Å². The Labute approximate surface area is 221 Å². The number of anilines is 1. The maximum Gasteiger partial charge on any atom is 0.290 e. The van der Waals surface area contributed by atoms with Gasteiger partial charge in [-0.3, -0.25) is 24.2 Å². The second kappa shape index (κ2) is 13.5. The fraction of sp³-hybridized carbons (Fsp3) is 0.500. The average molecular weight is 527 g/mol. The summed E-state index contributed by atoms with van der Waals surface area (Å²) in [5, 5.41) is 17.0. The molecule has 0 spiro atoms. The number of hydrogen-bond donors (Lipinski definition) is 3. The third-order valence-corrected chi connectivity index (χ3v) is 7.17. The molecule has 0 radical (unpaired) electrons. The Kier molecular flexibility index (Phi) is 10.1. The SMILES string of the molecule is Cc1ccc(C(=O)N2CCC[C@]3(C(=O)NCC4CC4)CN(c4ncccn4)C[C@@H]3C2)cn1.O=CO.O=CO. The molecule has 0 aromatic carbocycles. The van der Waals surface area contributed by atoms with Crippen molar-refractivity contribution in [2.45, 2.75) is 32.6 Å². The Bertz CT molecular complexity index is 1080. The topological polar surface area (TPSA) is 166 Å². The maximum atomic E-state index is 13.6. The second-order valence-corrected chi connectivity index (χ2v) is 9.69. The third kappa shape index (κ3) is 7.02. The average Bonchev–Trinajstić information content (AvgIpc) is 3.71. The summed E-state index contributed by atoms with van der Waals surface area (Å²) in [7, 11) is 0. The molecular formula is C26H34N6O6. The second-order valence-electron chi connectivity index (χ2n) is 9.69. The minimum absolute atomic E-state index is 0.0129. The highest BCUT2D eigenvalue weighted by atomic mass is 16.3. The molecule has 12 nitrogen and oxygen atoms in total. The molecule has 204 valence electrons. The normalized spacial score (nSPS) is 21.9. The van der Waals surface area contributed by atoms with Crippen LogP contribution in [0, 0.1) is 24.2 Å². The molecule has 2 aromatic rings. The van der Waals surface area contributed by atoms with Crippen LogP contribution in [0.15, 0.2) is 36.8 Å². The fourth-order valence-electron chi connectivity index (χ4n) is 5.11. The molecule has 2 saturated heterocycles. The van der Waals surface area contributed by atoms with Gasteiger partial charge in [-0.05, 0) is 56.7 Å². The highest BCUT2D eigenvalue weighted by molar-refractivity contribution is 5.94. The third-order valence-electron chi connectivity index (χ3n) is 7.17. The molecule has 3 N–H and O–H groups in total. The Morgan fingerprint density at radius 1 is 1.11 bits per heavy atom. The van der Waals surface area contributed by atoms with E-state index < -0.39 is 5.41 Å². The zero-order valence-electron chi connectivity index (χ0n) is 21.4. The molecule has 2 aliphatic heterocycles. The summed E-state index contributed by atoms with van der Waals surface area (Å²) in [5.74, 6) is 1.41. The van der Waals surface area contributed by atoms with E-state index >= 15 is 0 Å². The summed E-state index contributed by atoms with van der Waals surface area (Å²) in [6, 6.07) is 5.50. The van der Waals surface area contributed by atoms with Gasteiger partial charge >= 0.3 is 0 Å². The van der Waals surface area contributed by atoms with Crippen molar-refractivity contribution in [2.24, 2.45) is 17.3 Å². The number of carbonyl (C=O) groups is 4. The van der Waals surface area contributed by atoms with E-state index in [2.05, 4.69) is 25.2 Å². The summed E-state index contributed by atoms with van der Waals surface area (Å²) >= 11 is 0. The maximum absolute atomic E-state index is 13.6. The van der Waals surface area contributed by atoms with Gasteiger partial charge < -0.3 is 25.3 Å². The van der Waals surface area contributed by atoms with Gasteiger partial charge in [0.15, 0.2) is 0 Å². The molecule has 3 aliphatic rings. The Hall–Kier alpha value is -4.09. The van der Waals surface area contributed by atoms with Gasteiger partial charge in [0.1, 0.15) is 0 Å². The van der Waals surface area contributed by atoms with Crippen LogP contribution in [0.4, 0.5) is 5.95 Å². The number of pyridine rings is 1. The van der Waals surface area contributed by atoms with E-state index in [4.69, 9.17) is 19.8 Å². The van der Waals surface area contributed by atoms with Gasteiger partial charge in [0.25, 0.3) is 18.9 Å². The van der Waals surface area contributed by atoms with Crippen molar-refractivity contribution >= 4 is 30.7 Å². The number of rotatable bonds is 5. The van der Waals surface area contributed by atoms with Gasteiger partial charge in [-0.2, -0.15) is 0 Å². The molecule has 1 saturated carbocycles. The van der Waals surface area contributed by atoms with Crippen molar-refractivity contribution in [1.29, 1.82) is 0 Å². The molecule has 2 atom stereocenters. The number of aryl methyl sites for hydroxylation is 1. The Morgan fingerprint density at radius 2 is 1.79 bits per heavy atom. The monoisotopic (exact) mass is 526 g/mol. The van der Waals surface area contributed by atoms with E-state index in [0.717, 1.165) is 25.1 Å². The van der Waals surface area contributed by atoms with E-state index in [1.807, 2.05) is 24.0 Å². The lowest BCUT2D eigenvalue weighted by atomic mass is 9.74. The van der Waals surface area contributed by atoms with E-state index in [-0.39, 0.29) is 30.7 Å². The van der Waals surface area contributed by atoms with Gasteiger partial charge in [0.05, 0.1) is 11.0 Å². The van der Waals surface area contributed by atoms with Gasteiger partial charge in [0.2, 0.25) is 11.9 Å². The van der Waals surface area contributed by atoms with Crippen LogP contribution in [0.25, 0.3) is 0 Å². The first-order valence-corrected chi connectivity index (χ1v) is 12.6. The zero-order valence-corrected chi connectivity index (χ0v) is 21.4. The van der Waals surface area contributed by atoms with E-state index in [0.29, 0.717) is 43.6 Å². The summed E-state index contributed by atoms with van der Waals surface area (Å²) < 4.78 is 0. The summed E-state index contributed by atoms with van der Waals surface area (Å²) in [6.45, 7) is 4.62. The summed E-state index contributed by atoms with van der Waals surface area (Å²) in [4.78, 5) is 60.7. The number of carboxylic acid groups (broad SMARTS) is 2. The molecular weight excluding hydrogens is 492 g/mol. The number of nitrogens with zero attached hydrogens (tertiary/aromatic N) is 5. The molecule has 3 fully saturated rings. The number of likely N-dealkylation sites (tertiary alicyclic amines) is 1. The first kappa shape index (κ1) is 28.5. The Balaban J connectivity index is 0.000000611. The standard InChI is InChI=1S/C24H30N6O2.2CH2O2/c1-17-4-7-19(13-27-17)21(31)29-11-2-8-24(22(32)28-12-18-5-6-18)16-30(15-20(24)14-29)23-25-9-3-10-26-23;2*2-1-3/h3-4,7,9-10,13,18,20H,2,5-6,8,11-12,14-16H2,1H3,(H,28,32);2*1H,(H,2,3)/t20-,24-;;/m0../s1. The predicted octanol–water partition coefficient (Wildman–Crippen LogP) is 1.47. The molecule has 1 aliphatic carbocycles. The van der Waals surface area contributed by atoms with Crippen LogP contribution >= 0.6 is 0 Å². The van der Waals surface area contributed by atoms with Crippen molar-refractivity contribution in [3.05, 3.63) is 48.0 Å². The molecule has 5 rings (SSSR count). The number of amides is 2. The molecule has 12 heteroatoms. The van der Waals surface area contributed by atoms with Gasteiger partial charge in [-0.25, -0.2) is 9.97 Å². The molecule has 0 unspecified atom stereocenters. The quantitative estimate of drug-likeness (QED) is 0.486. The molecule has 4 heterocycles. The largest absolute Gasteiger partial charge is 0.483 e. The minimum Gasteiger partial charge on any atom is -0.483 e. The van der Waals surface area contributed by atoms with Crippen molar-refractivity contribution in [3.8, 4) is 0 Å². The van der Waals surface area contributed by atoms with Crippen molar-refractivity contribution < 1.29 is 29.4 Å². The van der Waals surface area contributed by atoms with E-state index in [1.54, 1.807) is 24.7 Å². The predicted molar refractivity (Wildman–Crippen MR) is 137 cm³/mol. The molecule has 0 bridgehead atoms. The lowest BCUT2D eigenvalue weighted by molar-refractivity contribution is -0.132. The molecule has 2 amide bonds. The van der Waals surface area contributed by atoms with Crippen LogP contribution in [0.2, 0.25) is 0 Å². The summed E-state index contributed by atoms with van der Waals surface area (Å²) in [6.07, 6.45) is 9.07. The lowest BCUT2D eigenvalue weighted by Gasteiger charge is -2.32. The number of nitrogens with one attached hydrogen (secondary N) is 1.